The molecular weight excluding hydrogens is 221 g/mol. The average molecular weight is 233 g/mol. The quantitative estimate of drug-likeness (QED) is 0.518. The Labute approximate surface area is 91.5 Å². The Morgan fingerprint density at radius 1 is 1.06 bits per heavy atom. The van der Waals surface area contributed by atoms with E-state index in [4.69, 9.17) is 0 Å². The van der Waals surface area contributed by atoms with Crippen molar-refractivity contribution in [3.8, 4) is 0 Å². The first-order valence-electron chi connectivity index (χ1n) is 4.78. The maximum atomic E-state index is 9.75. The van der Waals surface area contributed by atoms with Crippen molar-refractivity contribution < 1.29 is 22.2 Å². The van der Waals surface area contributed by atoms with Gasteiger partial charge < -0.3 is 17.3 Å². The van der Waals surface area contributed by atoms with E-state index >= 15 is 0 Å². The van der Waals surface area contributed by atoms with E-state index in [-0.39, 0.29) is 0 Å². The number of quaternary nitrogens is 1. The summed E-state index contributed by atoms with van der Waals surface area (Å²) >= 11 is 0. The summed E-state index contributed by atoms with van der Waals surface area (Å²) in [6, 6.07) is 8.52. The lowest BCUT2D eigenvalue weighted by molar-refractivity contribution is -0.762. The molecule has 0 aliphatic carbocycles. The molecule has 2 rings (SSSR count). The number of hydrogen-bond acceptors (Lipinski definition) is 0. The second-order valence-corrected chi connectivity index (χ2v) is 3.53. The number of para-hydroxylation sites is 1. The monoisotopic (exact) mass is 233 g/mol. The van der Waals surface area contributed by atoms with E-state index in [2.05, 4.69) is 44.3 Å². The van der Waals surface area contributed by atoms with Gasteiger partial charge in [-0.1, -0.05) is 12.1 Å². The first-order chi connectivity index (χ1) is 7.29. The average Bonchev–Trinajstić information content (AvgIpc) is 2.41. The highest BCUT2D eigenvalue weighted by Crippen LogP contribution is 2.18. The standard InChI is InChI=1S/C10H11N.BF4/c1-8-7-9-5-3-4-6-10(9)11(8)2;2-1(3,4)5/h3-7H,1-2H3;/q;-1/p+1. The minimum atomic E-state index is -6.00. The van der Waals surface area contributed by atoms with Gasteiger partial charge in [0.2, 0.25) is 0 Å². The van der Waals surface area contributed by atoms with Crippen LogP contribution in [0.25, 0.3) is 6.08 Å². The van der Waals surface area contributed by atoms with Crippen LogP contribution in [0.1, 0.15) is 12.5 Å². The van der Waals surface area contributed by atoms with E-state index in [0.29, 0.717) is 0 Å². The molecule has 0 amide bonds. The normalized spacial score (nSPS) is 18.4. The topological polar surface area (TPSA) is 4.44 Å². The molecule has 1 N–H and O–H groups in total. The highest BCUT2D eigenvalue weighted by atomic mass is 19.5. The third-order valence-electron chi connectivity index (χ3n) is 2.33. The number of hydrogen-bond donors (Lipinski definition) is 1. The number of fused-ring (bicyclic) bond motifs is 1. The molecule has 0 fully saturated rings. The predicted octanol–water partition coefficient (Wildman–Crippen LogP) is 2.51. The maximum Gasteiger partial charge on any atom is 0.673 e. The molecule has 6 heteroatoms. The van der Waals surface area contributed by atoms with Crippen molar-refractivity contribution in [2.24, 2.45) is 0 Å². The Morgan fingerprint density at radius 3 is 2.06 bits per heavy atom. The third-order valence-corrected chi connectivity index (χ3v) is 2.33. The van der Waals surface area contributed by atoms with Crippen molar-refractivity contribution >= 4 is 19.0 Å². The van der Waals surface area contributed by atoms with E-state index in [1.54, 1.807) is 0 Å². The van der Waals surface area contributed by atoms with Gasteiger partial charge in [0.05, 0.1) is 7.05 Å². The number of halogens is 4. The summed E-state index contributed by atoms with van der Waals surface area (Å²) in [6.07, 6.45) is 2.24. The smallest absolute Gasteiger partial charge is 0.418 e. The largest absolute Gasteiger partial charge is 0.673 e. The maximum absolute atomic E-state index is 9.75. The summed E-state index contributed by atoms with van der Waals surface area (Å²) in [5.74, 6) is 0. The van der Waals surface area contributed by atoms with Crippen LogP contribution in [0, 0.1) is 0 Å². The fraction of sp³-hybridized carbons (Fsp3) is 0.200. The molecule has 0 aromatic heterocycles. The zero-order chi connectivity index (χ0) is 12.3. The summed E-state index contributed by atoms with van der Waals surface area (Å²) in [6.45, 7) is 2.16. The molecule has 0 bridgehead atoms. The highest BCUT2D eigenvalue weighted by molar-refractivity contribution is 6.50. The number of allylic oxidation sites excluding steroid dienone is 1. The van der Waals surface area contributed by atoms with Crippen LogP contribution in [0.4, 0.5) is 23.0 Å². The molecule has 88 valence electrons. The van der Waals surface area contributed by atoms with E-state index < -0.39 is 7.25 Å². The van der Waals surface area contributed by atoms with Crippen molar-refractivity contribution in [2.75, 3.05) is 7.05 Å². The van der Waals surface area contributed by atoms with Crippen LogP contribution in [-0.4, -0.2) is 14.3 Å². The fourth-order valence-corrected chi connectivity index (χ4v) is 1.52. The summed E-state index contributed by atoms with van der Waals surface area (Å²) in [4.78, 5) is 1.42. The van der Waals surface area contributed by atoms with Gasteiger partial charge in [-0.15, -0.1) is 0 Å². The van der Waals surface area contributed by atoms with Gasteiger partial charge >= 0.3 is 7.25 Å². The zero-order valence-corrected chi connectivity index (χ0v) is 8.98. The number of rotatable bonds is 0. The van der Waals surface area contributed by atoms with Crippen LogP contribution in [0.15, 0.2) is 30.0 Å². The Balaban J connectivity index is 0.000000221. The highest BCUT2D eigenvalue weighted by Gasteiger charge is 2.20. The Morgan fingerprint density at radius 2 is 1.56 bits per heavy atom. The van der Waals surface area contributed by atoms with E-state index in [1.165, 1.54) is 21.8 Å². The van der Waals surface area contributed by atoms with Gasteiger partial charge in [0.25, 0.3) is 0 Å². The Hall–Kier alpha value is -1.30. The molecule has 1 aliphatic heterocycles. The first kappa shape index (κ1) is 12.8. The molecule has 1 unspecified atom stereocenters. The van der Waals surface area contributed by atoms with E-state index in [1.807, 2.05) is 0 Å². The van der Waals surface area contributed by atoms with Crippen molar-refractivity contribution in [3.63, 3.8) is 0 Å². The molecule has 1 nitrogen and oxygen atoms in total. The van der Waals surface area contributed by atoms with Crippen molar-refractivity contribution in [1.82, 2.24) is 0 Å². The van der Waals surface area contributed by atoms with Crippen molar-refractivity contribution in [2.45, 2.75) is 6.92 Å². The van der Waals surface area contributed by atoms with Crippen LogP contribution in [0.5, 0.6) is 0 Å². The van der Waals surface area contributed by atoms with Gasteiger partial charge in [0, 0.05) is 24.6 Å². The van der Waals surface area contributed by atoms with Crippen molar-refractivity contribution in [1.29, 1.82) is 0 Å². The molecule has 0 radical (unpaired) electrons. The van der Waals surface area contributed by atoms with Crippen LogP contribution in [0.2, 0.25) is 0 Å². The lowest BCUT2D eigenvalue weighted by Crippen LogP contribution is -3.00. The molecule has 1 aromatic rings. The minimum Gasteiger partial charge on any atom is -0.418 e. The Kier molecular flexibility index (Phi) is 3.75. The van der Waals surface area contributed by atoms with Gasteiger partial charge in [-0.25, -0.2) is 0 Å². The van der Waals surface area contributed by atoms with Gasteiger partial charge in [-0.3, -0.25) is 4.90 Å². The SMILES string of the molecule is CC1=Cc2ccccc2[NH+]1C.F[B-](F)(F)F. The molecule has 16 heavy (non-hydrogen) atoms. The van der Waals surface area contributed by atoms with E-state index in [0.717, 1.165) is 0 Å². The molecular formula is C10H12BF4N. The predicted molar refractivity (Wildman–Crippen MR) is 56.8 cm³/mol. The summed E-state index contributed by atoms with van der Waals surface area (Å²) in [5.41, 5.74) is 4.15. The first-order valence-corrected chi connectivity index (χ1v) is 4.78. The zero-order valence-electron chi connectivity index (χ0n) is 8.98. The van der Waals surface area contributed by atoms with Crippen LogP contribution < -0.4 is 4.90 Å². The molecule has 0 spiro atoms. The Bertz CT molecular complexity index is 394. The van der Waals surface area contributed by atoms with Crippen LogP contribution in [0.3, 0.4) is 0 Å². The fourth-order valence-electron chi connectivity index (χ4n) is 1.52. The molecule has 0 saturated carbocycles. The lowest BCUT2D eigenvalue weighted by Gasteiger charge is -2.06. The molecule has 1 atom stereocenters. The van der Waals surface area contributed by atoms with Gasteiger partial charge in [0.15, 0.2) is 0 Å². The molecule has 1 aromatic carbocycles. The van der Waals surface area contributed by atoms with E-state index in [9.17, 15) is 17.3 Å². The number of nitrogens with one attached hydrogen (secondary N) is 1. The van der Waals surface area contributed by atoms with Gasteiger partial charge in [-0.05, 0) is 6.07 Å². The summed E-state index contributed by atoms with van der Waals surface area (Å²) < 4.78 is 39.0. The molecule has 1 heterocycles. The number of benzene rings is 1. The summed E-state index contributed by atoms with van der Waals surface area (Å²) in [7, 11) is -3.82. The minimum absolute atomic E-state index is 1.36. The molecule has 0 saturated heterocycles. The van der Waals surface area contributed by atoms with Crippen molar-refractivity contribution in [3.05, 3.63) is 35.5 Å². The molecule has 1 aliphatic rings. The van der Waals surface area contributed by atoms with Crippen LogP contribution in [-0.2, 0) is 0 Å². The second kappa shape index (κ2) is 4.70. The third kappa shape index (κ3) is 3.69. The van der Waals surface area contributed by atoms with Gasteiger partial charge in [-0.2, -0.15) is 0 Å². The second-order valence-electron chi connectivity index (χ2n) is 3.53. The summed E-state index contributed by atoms with van der Waals surface area (Å²) in [5, 5.41) is 0. The van der Waals surface area contributed by atoms with Gasteiger partial charge in [0.1, 0.15) is 11.4 Å². The van der Waals surface area contributed by atoms with Crippen LogP contribution >= 0.6 is 0 Å². The lowest BCUT2D eigenvalue weighted by atomic mass is 10.2.